The molecule has 0 radical (unpaired) electrons. The van der Waals surface area contributed by atoms with E-state index in [1.54, 1.807) is 42.7 Å². The Balaban J connectivity index is 1.87. The Kier molecular flexibility index (Phi) is 3.92. The van der Waals surface area contributed by atoms with Gasteiger partial charge in [-0.2, -0.15) is 13.2 Å². The van der Waals surface area contributed by atoms with Gasteiger partial charge in [0.1, 0.15) is 11.6 Å². The van der Waals surface area contributed by atoms with Crippen molar-refractivity contribution >= 4 is 11.6 Å². The van der Waals surface area contributed by atoms with Crippen LogP contribution in [0.4, 0.5) is 24.8 Å². The normalized spacial score (nSPS) is 11.3. The van der Waals surface area contributed by atoms with E-state index in [1.807, 2.05) is 0 Å². The van der Waals surface area contributed by atoms with E-state index in [4.69, 9.17) is 0 Å². The molecule has 3 aromatic heterocycles. The molecule has 0 aliphatic heterocycles. The molecule has 23 heavy (non-hydrogen) atoms. The van der Waals surface area contributed by atoms with E-state index >= 15 is 0 Å². The molecule has 0 fully saturated rings. The number of halogens is 3. The number of pyridine rings is 3. The summed E-state index contributed by atoms with van der Waals surface area (Å²) in [5.74, 6) is 0.491. The lowest BCUT2D eigenvalue weighted by molar-refractivity contribution is -0.137. The zero-order valence-electron chi connectivity index (χ0n) is 11.7. The van der Waals surface area contributed by atoms with Crippen molar-refractivity contribution in [1.29, 1.82) is 0 Å². The van der Waals surface area contributed by atoms with Gasteiger partial charge in [-0.15, -0.1) is 0 Å². The molecule has 0 saturated heterocycles. The Morgan fingerprint density at radius 2 is 1.65 bits per heavy atom. The van der Waals surface area contributed by atoms with E-state index in [0.717, 1.165) is 23.9 Å². The highest BCUT2D eigenvalue weighted by molar-refractivity contribution is 5.62. The SMILES string of the molecule is FC(F)(F)c1ccnc(Nc2cccc(-c3ccncc3)n2)c1. The second kappa shape index (κ2) is 6.04. The smallest absolute Gasteiger partial charge is 0.325 e. The number of alkyl halides is 3. The van der Waals surface area contributed by atoms with Crippen molar-refractivity contribution in [2.45, 2.75) is 6.18 Å². The molecule has 3 aromatic rings. The van der Waals surface area contributed by atoms with Crippen molar-refractivity contribution < 1.29 is 13.2 Å². The summed E-state index contributed by atoms with van der Waals surface area (Å²) in [7, 11) is 0. The Bertz CT molecular complexity index is 804. The first-order valence-corrected chi connectivity index (χ1v) is 6.70. The highest BCUT2D eigenvalue weighted by atomic mass is 19.4. The zero-order chi connectivity index (χ0) is 16.3. The standard InChI is InChI=1S/C16H11F3N4/c17-16(18,19)12-6-9-21-15(10-12)23-14-3-1-2-13(22-14)11-4-7-20-8-5-11/h1-10H,(H,21,22,23). The number of hydrogen-bond donors (Lipinski definition) is 1. The summed E-state index contributed by atoms with van der Waals surface area (Å²) in [6.07, 6.45) is -0.0134. The molecule has 3 heterocycles. The number of nitrogens with zero attached hydrogens (tertiary/aromatic N) is 3. The molecule has 7 heteroatoms. The molecule has 0 aromatic carbocycles. The minimum Gasteiger partial charge on any atom is -0.325 e. The second-order valence-electron chi connectivity index (χ2n) is 4.70. The molecule has 0 bridgehead atoms. The number of rotatable bonds is 3. The van der Waals surface area contributed by atoms with Crippen LogP contribution in [0.5, 0.6) is 0 Å². The van der Waals surface area contributed by atoms with Crippen molar-refractivity contribution in [1.82, 2.24) is 15.0 Å². The third-order valence-corrected chi connectivity index (χ3v) is 3.07. The van der Waals surface area contributed by atoms with Crippen LogP contribution in [0.3, 0.4) is 0 Å². The predicted molar refractivity (Wildman–Crippen MR) is 80.0 cm³/mol. The maximum Gasteiger partial charge on any atom is 0.416 e. The Hall–Kier alpha value is -2.96. The van der Waals surface area contributed by atoms with Crippen LogP contribution in [0.1, 0.15) is 5.56 Å². The summed E-state index contributed by atoms with van der Waals surface area (Å²) < 4.78 is 38.1. The minimum atomic E-state index is -4.41. The van der Waals surface area contributed by atoms with E-state index in [-0.39, 0.29) is 5.82 Å². The summed E-state index contributed by atoms with van der Waals surface area (Å²) in [4.78, 5) is 12.2. The first kappa shape index (κ1) is 15.0. The van der Waals surface area contributed by atoms with E-state index < -0.39 is 11.7 Å². The van der Waals surface area contributed by atoms with Crippen LogP contribution in [0.2, 0.25) is 0 Å². The maximum atomic E-state index is 12.7. The predicted octanol–water partition coefficient (Wildman–Crippen LogP) is 4.30. The van der Waals surface area contributed by atoms with Crippen molar-refractivity contribution in [3.8, 4) is 11.3 Å². The van der Waals surface area contributed by atoms with Gasteiger partial charge in [0.15, 0.2) is 0 Å². The average Bonchev–Trinajstić information content (AvgIpc) is 2.55. The van der Waals surface area contributed by atoms with Gasteiger partial charge in [0, 0.05) is 24.2 Å². The Morgan fingerprint density at radius 3 is 2.39 bits per heavy atom. The van der Waals surface area contributed by atoms with Gasteiger partial charge in [-0.3, -0.25) is 4.98 Å². The fourth-order valence-electron chi connectivity index (χ4n) is 1.99. The van der Waals surface area contributed by atoms with E-state index in [0.29, 0.717) is 11.5 Å². The molecule has 0 atom stereocenters. The molecule has 0 saturated carbocycles. The molecule has 0 unspecified atom stereocenters. The van der Waals surface area contributed by atoms with Crippen LogP contribution in [-0.4, -0.2) is 15.0 Å². The lowest BCUT2D eigenvalue weighted by atomic mass is 10.2. The summed E-state index contributed by atoms with van der Waals surface area (Å²) in [5, 5.41) is 2.79. The van der Waals surface area contributed by atoms with Crippen molar-refractivity contribution in [2.24, 2.45) is 0 Å². The van der Waals surface area contributed by atoms with Gasteiger partial charge in [0.25, 0.3) is 0 Å². The van der Waals surface area contributed by atoms with Crippen molar-refractivity contribution in [3.63, 3.8) is 0 Å². The van der Waals surface area contributed by atoms with Crippen LogP contribution in [0.15, 0.2) is 61.1 Å². The second-order valence-corrected chi connectivity index (χ2v) is 4.70. The highest BCUT2D eigenvalue weighted by Crippen LogP contribution is 2.30. The van der Waals surface area contributed by atoms with Crippen LogP contribution >= 0.6 is 0 Å². The molecule has 116 valence electrons. The van der Waals surface area contributed by atoms with Gasteiger partial charge < -0.3 is 5.32 Å². The fourth-order valence-corrected chi connectivity index (χ4v) is 1.99. The molecule has 0 aliphatic rings. The molecule has 1 N–H and O–H groups in total. The lowest BCUT2D eigenvalue weighted by Crippen LogP contribution is -2.06. The topological polar surface area (TPSA) is 50.7 Å². The number of hydrogen-bond acceptors (Lipinski definition) is 4. The van der Waals surface area contributed by atoms with Gasteiger partial charge in [-0.05, 0) is 36.4 Å². The van der Waals surface area contributed by atoms with Crippen molar-refractivity contribution in [2.75, 3.05) is 5.32 Å². The fraction of sp³-hybridized carbons (Fsp3) is 0.0625. The van der Waals surface area contributed by atoms with E-state index in [9.17, 15) is 13.2 Å². The first-order chi connectivity index (χ1) is 11.0. The van der Waals surface area contributed by atoms with E-state index in [2.05, 4.69) is 20.3 Å². The summed E-state index contributed by atoms with van der Waals surface area (Å²) in [6.45, 7) is 0. The molecule has 0 aliphatic carbocycles. The number of anilines is 2. The Labute approximate surface area is 130 Å². The molecular formula is C16H11F3N4. The van der Waals surface area contributed by atoms with Crippen LogP contribution < -0.4 is 5.32 Å². The zero-order valence-corrected chi connectivity index (χ0v) is 11.7. The number of aromatic nitrogens is 3. The summed E-state index contributed by atoms with van der Waals surface area (Å²) in [6, 6.07) is 10.7. The molecule has 3 rings (SSSR count). The third kappa shape index (κ3) is 3.63. The molecular weight excluding hydrogens is 305 g/mol. The average molecular weight is 316 g/mol. The summed E-state index contributed by atoms with van der Waals surface area (Å²) in [5.41, 5.74) is 0.783. The Morgan fingerprint density at radius 1 is 0.870 bits per heavy atom. The lowest BCUT2D eigenvalue weighted by Gasteiger charge is -2.10. The van der Waals surface area contributed by atoms with Crippen molar-refractivity contribution in [3.05, 3.63) is 66.6 Å². The maximum absolute atomic E-state index is 12.7. The van der Waals surface area contributed by atoms with Gasteiger partial charge in [-0.1, -0.05) is 6.07 Å². The van der Waals surface area contributed by atoms with Gasteiger partial charge in [0.05, 0.1) is 11.3 Å². The molecule has 0 spiro atoms. The largest absolute Gasteiger partial charge is 0.416 e. The molecule has 4 nitrogen and oxygen atoms in total. The third-order valence-electron chi connectivity index (χ3n) is 3.07. The first-order valence-electron chi connectivity index (χ1n) is 6.70. The van der Waals surface area contributed by atoms with Crippen LogP contribution in [0.25, 0.3) is 11.3 Å². The minimum absolute atomic E-state index is 0.0826. The van der Waals surface area contributed by atoms with E-state index in [1.165, 1.54) is 0 Å². The quantitative estimate of drug-likeness (QED) is 0.782. The van der Waals surface area contributed by atoms with Gasteiger partial charge in [0.2, 0.25) is 0 Å². The summed E-state index contributed by atoms with van der Waals surface area (Å²) >= 11 is 0. The molecule has 0 amide bonds. The van der Waals surface area contributed by atoms with Crippen LogP contribution in [0, 0.1) is 0 Å². The van der Waals surface area contributed by atoms with Gasteiger partial charge >= 0.3 is 6.18 Å². The number of nitrogens with one attached hydrogen (secondary N) is 1. The highest BCUT2D eigenvalue weighted by Gasteiger charge is 2.30. The monoisotopic (exact) mass is 316 g/mol. The van der Waals surface area contributed by atoms with Crippen LogP contribution in [-0.2, 0) is 6.18 Å². The van der Waals surface area contributed by atoms with Gasteiger partial charge in [-0.25, -0.2) is 9.97 Å².